The van der Waals surface area contributed by atoms with Crippen molar-refractivity contribution in [3.63, 3.8) is 0 Å². The van der Waals surface area contributed by atoms with E-state index in [9.17, 15) is 18.7 Å². The van der Waals surface area contributed by atoms with Crippen molar-refractivity contribution < 1.29 is 38.0 Å². The second-order valence-corrected chi connectivity index (χ2v) is 4.97. The van der Waals surface area contributed by atoms with Gasteiger partial charge in [0.05, 0.1) is 0 Å². The van der Waals surface area contributed by atoms with Gasteiger partial charge < -0.3 is 9.84 Å². The highest BCUT2D eigenvalue weighted by molar-refractivity contribution is 7.96. The van der Waals surface area contributed by atoms with Crippen molar-refractivity contribution in [3.8, 4) is 5.75 Å². The van der Waals surface area contributed by atoms with Gasteiger partial charge in [0, 0.05) is 5.39 Å². The number of fused-ring (bicyclic) bond motifs is 1. The minimum atomic E-state index is -4.03. The zero-order valence-electron chi connectivity index (χ0n) is 10.9. The Morgan fingerprint density at radius 1 is 1.27 bits per heavy atom. The summed E-state index contributed by atoms with van der Waals surface area (Å²) in [5, 5.41) is 17.7. The molecule has 0 aromatic heterocycles. The van der Waals surface area contributed by atoms with Crippen LogP contribution in [0.15, 0.2) is 36.4 Å². The number of carbonyl (C=O) groups excluding carboxylic acids is 1. The number of aromatic hydroxyl groups is 1. The Bertz CT molecular complexity index is 679. The number of ether oxygens (including phenoxy) is 1. The summed E-state index contributed by atoms with van der Waals surface area (Å²) in [4.78, 5) is 11.2. The first-order chi connectivity index (χ1) is 10.4. The highest BCUT2D eigenvalue weighted by Gasteiger charge is 2.44. The maximum Gasteiger partial charge on any atom is 0.415 e. The van der Waals surface area contributed by atoms with Crippen LogP contribution in [-0.4, -0.2) is 21.6 Å². The summed E-state index contributed by atoms with van der Waals surface area (Å²) in [7, 11) is 0. The van der Waals surface area contributed by atoms with Gasteiger partial charge in [0.2, 0.25) is 0 Å². The number of carbonyl (C=O) groups is 1. The molecular weight excluding hydrogens is 322 g/mol. The van der Waals surface area contributed by atoms with Gasteiger partial charge in [0.15, 0.2) is 0 Å². The third-order valence-electron chi connectivity index (χ3n) is 2.70. The molecule has 0 bridgehead atoms. The number of benzene rings is 2. The molecule has 22 heavy (non-hydrogen) atoms. The van der Waals surface area contributed by atoms with Crippen molar-refractivity contribution in [1.82, 2.24) is 0 Å². The van der Waals surface area contributed by atoms with Gasteiger partial charge in [-0.2, -0.15) is 8.78 Å². The van der Waals surface area contributed by atoms with E-state index < -0.39 is 23.3 Å². The number of esters is 1. The van der Waals surface area contributed by atoms with E-state index in [1.807, 2.05) is 0 Å². The van der Waals surface area contributed by atoms with Crippen molar-refractivity contribution in [3.05, 3.63) is 42.0 Å². The summed E-state index contributed by atoms with van der Waals surface area (Å²) >= 11 is -0.687. The van der Waals surface area contributed by atoms with Gasteiger partial charge >= 0.3 is 11.2 Å². The molecule has 9 heteroatoms. The van der Waals surface area contributed by atoms with E-state index in [4.69, 9.17) is 5.26 Å². The van der Waals surface area contributed by atoms with Crippen LogP contribution in [0.3, 0.4) is 0 Å². The molecule has 0 aliphatic carbocycles. The molecule has 0 unspecified atom stereocenters. The van der Waals surface area contributed by atoms with E-state index >= 15 is 0 Å². The monoisotopic (exact) mass is 332 g/mol. The predicted molar refractivity (Wildman–Crippen MR) is 72.7 cm³/mol. The number of rotatable bonds is 6. The normalized spacial score (nSPS) is 11.6. The number of halogens is 2. The summed E-state index contributed by atoms with van der Waals surface area (Å²) in [5.74, 6) is -1.75. The summed E-state index contributed by atoms with van der Waals surface area (Å²) in [6.07, 6.45) is 0. The Balaban J connectivity index is 2.04. The third kappa shape index (κ3) is 3.83. The second kappa shape index (κ2) is 6.88. The summed E-state index contributed by atoms with van der Waals surface area (Å²) in [5.41, 5.74) is 0.464. The van der Waals surface area contributed by atoms with Crippen molar-refractivity contribution in [1.29, 1.82) is 0 Å². The van der Waals surface area contributed by atoms with E-state index in [2.05, 4.69) is 14.1 Å². The minimum absolute atomic E-state index is 0.0881. The lowest BCUT2D eigenvalue weighted by Gasteiger charge is -2.12. The van der Waals surface area contributed by atoms with Crippen LogP contribution in [-0.2, 0) is 25.5 Å². The zero-order chi connectivity index (χ0) is 16.2. The minimum Gasteiger partial charge on any atom is -0.507 e. The molecule has 0 atom stereocenters. The van der Waals surface area contributed by atoms with Crippen molar-refractivity contribution >= 4 is 28.8 Å². The molecule has 2 aromatic rings. The molecule has 0 saturated heterocycles. The Hall–Kier alpha value is -1.94. The molecule has 0 radical (unpaired) electrons. The predicted octanol–water partition coefficient (Wildman–Crippen LogP) is 3.25. The number of hydrogen-bond acceptors (Lipinski definition) is 7. The van der Waals surface area contributed by atoms with E-state index in [0.29, 0.717) is 16.3 Å². The number of hydrogen-bond donors (Lipinski definition) is 2. The van der Waals surface area contributed by atoms with Crippen LogP contribution in [0.25, 0.3) is 10.8 Å². The molecular formula is C13H10F2O6S. The van der Waals surface area contributed by atoms with E-state index in [0.717, 1.165) is 0 Å². The standard InChI is InChI=1S/C13H10F2O6S/c14-13(15,22-21-20-18)12(17)19-7-8-4-5-10-9(6-8)2-1-3-11(10)16/h1-6,16,18H,7H2. The Morgan fingerprint density at radius 3 is 2.77 bits per heavy atom. The Morgan fingerprint density at radius 2 is 2.05 bits per heavy atom. The molecule has 2 aromatic carbocycles. The smallest absolute Gasteiger partial charge is 0.415 e. The first-order valence-corrected chi connectivity index (χ1v) is 6.60. The van der Waals surface area contributed by atoms with Gasteiger partial charge in [-0.3, -0.25) is 0 Å². The molecule has 0 saturated carbocycles. The van der Waals surface area contributed by atoms with E-state index in [1.165, 1.54) is 12.1 Å². The van der Waals surface area contributed by atoms with Gasteiger partial charge in [-0.15, -0.1) is 4.33 Å². The molecule has 0 spiro atoms. The van der Waals surface area contributed by atoms with Crippen LogP contribution in [0.2, 0.25) is 0 Å². The van der Waals surface area contributed by atoms with E-state index in [-0.39, 0.29) is 12.4 Å². The first-order valence-electron chi connectivity index (χ1n) is 5.85. The largest absolute Gasteiger partial charge is 0.507 e. The molecule has 0 aliphatic rings. The molecule has 2 rings (SSSR count). The average Bonchev–Trinajstić information content (AvgIpc) is 2.50. The number of phenolic OH excluding ortho intramolecular Hbond substituents is 1. The van der Waals surface area contributed by atoms with E-state index in [1.54, 1.807) is 24.3 Å². The highest BCUT2D eigenvalue weighted by atomic mass is 32.2. The first kappa shape index (κ1) is 16.4. The maximum absolute atomic E-state index is 13.2. The molecule has 118 valence electrons. The van der Waals surface area contributed by atoms with Crippen LogP contribution in [0.5, 0.6) is 5.75 Å². The van der Waals surface area contributed by atoms with Crippen molar-refractivity contribution in [2.24, 2.45) is 0 Å². The lowest BCUT2D eigenvalue weighted by Crippen LogP contribution is -2.27. The third-order valence-corrected chi connectivity index (χ3v) is 3.20. The van der Waals surface area contributed by atoms with Crippen LogP contribution >= 0.6 is 12.0 Å². The fraction of sp³-hybridized carbons (Fsp3) is 0.154. The summed E-state index contributed by atoms with van der Waals surface area (Å²) in [6.45, 7) is -0.388. The van der Waals surface area contributed by atoms with Gasteiger partial charge in [0.1, 0.15) is 24.4 Å². The lowest BCUT2D eigenvalue weighted by atomic mass is 10.1. The molecule has 0 aliphatic heterocycles. The van der Waals surface area contributed by atoms with Gasteiger partial charge in [0.25, 0.3) is 0 Å². The Labute approximate surface area is 127 Å². The fourth-order valence-electron chi connectivity index (χ4n) is 1.73. The molecule has 2 N–H and O–H groups in total. The molecule has 0 fully saturated rings. The molecule has 0 amide bonds. The average molecular weight is 332 g/mol. The van der Waals surface area contributed by atoms with Gasteiger partial charge in [-0.25, -0.2) is 10.1 Å². The zero-order valence-corrected chi connectivity index (χ0v) is 11.7. The fourth-order valence-corrected chi connectivity index (χ4v) is 1.97. The Kier molecular flexibility index (Phi) is 5.14. The van der Waals surface area contributed by atoms with Crippen molar-refractivity contribution in [2.45, 2.75) is 11.9 Å². The van der Waals surface area contributed by atoms with Crippen LogP contribution in [0.4, 0.5) is 8.78 Å². The highest BCUT2D eigenvalue weighted by Crippen LogP contribution is 2.32. The number of phenols is 1. The second-order valence-electron chi connectivity index (χ2n) is 4.15. The lowest BCUT2D eigenvalue weighted by molar-refractivity contribution is -0.433. The SMILES string of the molecule is O=C(OCc1ccc2c(O)cccc2c1)C(F)(F)SOOO. The topological polar surface area (TPSA) is 85.2 Å². The van der Waals surface area contributed by atoms with Gasteiger partial charge in [-0.05, 0) is 23.1 Å². The van der Waals surface area contributed by atoms with Crippen LogP contribution < -0.4 is 0 Å². The summed E-state index contributed by atoms with van der Waals surface area (Å²) < 4.78 is 34.3. The van der Waals surface area contributed by atoms with Crippen LogP contribution in [0, 0.1) is 0 Å². The quantitative estimate of drug-likeness (QED) is 0.363. The maximum atomic E-state index is 13.2. The van der Waals surface area contributed by atoms with Gasteiger partial charge in [-0.1, -0.05) is 29.3 Å². The summed E-state index contributed by atoms with van der Waals surface area (Å²) in [6, 6.07) is 9.59. The van der Waals surface area contributed by atoms with Crippen LogP contribution in [0.1, 0.15) is 5.56 Å². The molecule has 6 nitrogen and oxygen atoms in total. The van der Waals surface area contributed by atoms with Crippen molar-refractivity contribution in [2.75, 3.05) is 0 Å². The number of alkyl halides is 2. The molecule has 0 heterocycles.